The van der Waals surface area contributed by atoms with Crippen LogP contribution >= 0.6 is 0 Å². The highest BCUT2D eigenvalue weighted by Gasteiger charge is 2.34. The van der Waals surface area contributed by atoms with Crippen molar-refractivity contribution in [2.75, 3.05) is 0 Å². The number of allylic oxidation sites excluding steroid dienone is 2. The molecule has 0 spiro atoms. The maximum Gasteiger partial charge on any atom is 0.0709 e. The lowest BCUT2D eigenvalue weighted by molar-refractivity contribution is 0.775. The molecule has 0 bridgehead atoms. The molecule has 1 radical (unpaired) electrons. The Kier molecular flexibility index (Phi) is 2.28. The first-order chi connectivity index (χ1) is 9.34. The number of aryl methyl sites for hydroxylation is 1. The highest BCUT2D eigenvalue weighted by Crippen LogP contribution is 2.51. The molecule has 0 amide bonds. The van der Waals surface area contributed by atoms with Crippen molar-refractivity contribution in [1.82, 2.24) is 5.32 Å². The quantitative estimate of drug-likeness (QED) is 0.701. The average Bonchev–Trinajstić information content (AvgIpc) is 2.98. The van der Waals surface area contributed by atoms with E-state index in [9.17, 15) is 0 Å². The molecule has 2 aliphatic rings. The van der Waals surface area contributed by atoms with Gasteiger partial charge in [-0.2, -0.15) is 0 Å². The molecular weight excluding hydrogens is 230 g/mol. The van der Waals surface area contributed by atoms with Crippen LogP contribution in [0.3, 0.4) is 0 Å². The first kappa shape index (κ1) is 10.9. The topological polar surface area (TPSA) is 14.1 Å². The van der Waals surface area contributed by atoms with Crippen molar-refractivity contribution in [3.8, 4) is 0 Å². The van der Waals surface area contributed by atoms with E-state index in [1.54, 1.807) is 0 Å². The van der Waals surface area contributed by atoms with Crippen LogP contribution in [-0.4, -0.2) is 0 Å². The number of rotatable bonds is 1. The van der Waals surface area contributed by atoms with E-state index in [1.165, 1.54) is 34.4 Å². The molecule has 1 nitrogen and oxygen atoms in total. The number of hydrogen-bond acceptors (Lipinski definition) is 0. The van der Waals surface area contributed by atoms with Crippen LogP contribution in [0.2, 0.25) is 0 Å². The summed E-state index contributed by atoms with van der Waals surface area (Å²) in [5.74, 6) is 0.531. The van der Waals surface area contributed by atoms with Crippen molar-refractivity contribution in [3.05, 3.63) is 70.9 Å². The molecule has 0 N–H and O–H groups in total. The summed E-state index contributed by atoms with van der Waals surface area (Å²) in [7, 11) is 0. The summed E-state index contributed by atoms with van der Waals surface area (Å²) in [6, 6.07) is 17.3. The molecule has 0 saturated carbocycles. The molecule has 1 unspecified atom stereocenters. The lowest BCUT2D eigenvalue weighted by Gasteiger charge is -2.17. The van der Waals surface area contributed by atoms with Gasteiger partial charge in [-0.25, -0.2) is 0 Å². The molecule has 93 valence electrons. The molecule has 2 aromatic rings. The minimum Gasteiger partial charge on any atom is -0.252 e. The minimum absolute atomic E-state index is 0.531. The van der Waals surface area contributed by atoms with E-state index in [4.69, 9.17) is 5.32 Å². The van der Waals surface area contributed by atoms with Crippen LogP contribution in [0, 0.1) is 6.92 Å². The summed E-state index contributed by atoms with van der Waals surface area (Å²) in [6.07, 6.45) is 2.32. The van der Waals surface area contributed by atoms with Gasteiger partial charge >= 0.3 is 0 Å². The van der Waals surface area contributed by atoms with E-state index in [1.807, 2.05) is 0 Å². The summed E-state index contributed by atoms with van der Waals surface area (Å²) >= 11 is 0. The maximum absolute atomic E-state index is 4.80. The molecule has 1 heterocycles. The molecule has 1 atom stereocenters. The lowest BCUT2D eigenvalue weighted by Crippen LogP contribution is -1.99. The van der Waals surface area contributed by atoms with Crippen LogP contribution in [0.1, 0.15) is 35.4 Å². The van der Waals surface area contributed by atoms with Gasteiger partial charge in [0.1, 0.15) is 0 Å². The van der Waals surface area contributed by atoms with Gasteiger partial charge < -0.3 is 0 Å². The predicted octanol–water partition coefficient (Wildman–Crippen LogP) is 4.53. The van der Waals surface area contributed by atoms with Crippen LogP contribution in [0.25, 0.3) is 5.57 Å². The summed E-state index contributed by atoms with van der Waals surface area (Å²) in [5.41, 5.74) is 8.17. The molecule has 1 heteroatoms. The second-order valence-corrected chi connectivity index (χ2v) is 5.44. The summed E-state index contributed by atoms with van der Waals surface area (Å²) in [6.45, 7) is 2.21. The Balaban J connectivity index is 1.84. The fourth-order valence-electron chi connectivity index (χ4n) is 3.45. The Bertz CT molecular complexity index is 682. The van der Waals surface area contributed by atoms with Gasteiger partial charge in [0, 0.05) is 17.2 Å². The lowest BCUT2D eigenvalue weighted by atomic mass is 9.86. The van der Waals surface area contributed by atoms with Gasteiger partial charge in [-0.15, -0.1) is 0 Å². The highest BCUT2D eigenvalue weighted by molar-refractivity contribution is 5.87. The summed E-state index contributed by atoms with van der Waals surface area (Å²) in [5, 5.41) is 4.80. The second kappa shape index (κ2) is 3.99. The molecule has 19 heavy (non-hydrogen) atoms. The van der Waals surface area contributed by atoms with E-state index >= 15 is 0 Å². The molecule has 2 aromatic carbocycles. The summed E-state index contributed by atoms with van der Waals surface area (Å²) < 4.78 is 0. The smallest absolute Gasteiger partial charge is 0.0709 e. The Morgan fingerprint density at radius 1 is 1.00 bits per heavy atom. The zero-order chi connectivity index (χ0) is 12.8. The number of fused-ring (bicyclic) bond motifs is 2. The normalized spacial score (nSPS) is 20.2. The number of nitrogens with zero attached hydrogens (tertiary/aromatic N) is 1. The molecule has 0 aromatic heterocycles. The van der Waals surface area contributed by atoms with Gasteiger partial charge in [0.15, 0.2) is 0 Å². The Hall–Kier alpha value is -2.02. The fraction of sp³-hybridized carbons (Fsp3) is 0.222. The van der Waals surface area contributed by atoms with Crippen molar-refractivity contribution < 1.29 is 0 Å². The first-order valence-corrected chi connectivity index (χ1v) is 6.94. The van der Waals surface area contributed by atoms with Crippen molar-refractivity contribution in [3.63, 3.8) is 0 Å². The fourth-order valence-corrected chi connectivity index (χ4v) is 3.45. The van der Waals surface area contributed by atoms with Gasteiger partial charge in [0.05, 0.1) is 5.69 Å². The van der Waals surface area contributed by atoms with Crippen molar-refractivity contribution in [1.29, 1.82) is 0 Å². The van der Waals surface area contributed by atoms with E-state index in [2.05, 4.69) is 55.5 Å². The largest absolute Gasteiger partial charge is 0.252 e. The number of para-hydroxylation sites is 1. The van der Waals surface area contributed by atoms with Gasteiger partial charge in [0.25, 0.3) is 0 Å². The van der Waals surface area contributed by atoms with Gasteiger partial charge in [-0.1, -0.05) is 42.5 Å². The number of benzene rings is 2. The highest BCUT2D eigenvalue weighted by atomic mass is 14.9. The molecule has 1 aliphatic heterocycles. The number of hydrogen-bond donors (Lipinski definition) is 0. The van der Waals surface area contributed by atoms with E-state index in [0.29, 0.717) is 5.92 Å². The standard InChI is InChI=1S/C18H16N/c1-12-6-2-3-7-13(12)14-10-11-17-18(14)15-8-4-5-9-16(15)19-17/h2-9,14H,10-11H2,1H3. The second-order valence-electron chi connectivity index (χ2n) is 5.44. The van der Waals surface area contributed by atoms with Crippen molar-refractivity contribution in [2.24, 2.45) is 0 Å². The Labute approximate surface area is 114 Å². The zero-order valence-electron chi connectivity index (χ0n) is 11.1. The van der Waals surface area contributed by atoms with E-state index in [-0.39, 0.29) is 0 Å². The van der Waals surface area contributed by atoms with E-state index in [0.717, 1.165) is 12.1 Å². The third-order valence-corrected chi connectivity index (χ3v) is 4.34. The van der Waals surface area contributed by atoms with Crippen LogP contribution in [0.4, 0.5) is 5.69 Å². The van der Waals surface area contributed by atoms with Crippen LogP contribution in [-0.2, 0) is 0 Å². The molecular formula is C18H16N. The average molecular weight is 246 g/mol. The first-order valence-electron chi connectivity index (χ1n) is 6.94. The third kappa shape index (κ3) is 1.54. The van der Waals surface area contributed by atoms with Gasteiger partial charge in [-0.3, -0.25) is 5.32 Å². The van der Waals surface area contributed by atoms with Gasteiger partial charge in [0.2, 0.25) is 0 Å². The SMILES string of the molecule is Cc1ccccc1C1CCC2=C1c1ccccc1[N]2. The summed E-state index contributed by atoms with van der Waals surface area (Å²) in [4.78, 5) is 0. The zero-order valence-corrected chi connectivity index (χ0v) is 11.1. The van der Waals surface area contributed by atoms with Crippen molar-refractivity contribution >= 4 is 11.3 Å². The predicted molar refractivity (Wildman–Crippen MR) is 78.3 cm³/mol. The Morgan fingerprint density at radius 2 is 1.79 bits per heavy atom. The van der Waals surface area contributed by atoms with Gasteiger partial charge in [-0.05, 0) is 42.5 Å². The Morgan fingerprint density at radius 3 is 2.68 bits per heavy atom. The molecule has 0 fully saturated rings. The third-order valence-electron chi connectivity index (χ3n) is 4.34. The van der Waals surface area contributed by atoms with Crippen LogP contribution in [0.5, 0.6) is 0 Å². The van der Waals surface area contributed by atoms with E-state index < -0.39 is 0 Å². The molecule has 1 aliphatic carbocycles. The minimum atomic E-state index is 0.531. The maximum atomic E-state index is 4.80. The van der Waals surface area contributed by atoms with Crippen LogP contribution < -0.4 is 5.32 Å². The van der Waals surface area contributed by atoms with Crippen LogP contribution in [0.15, 0.2) is 54.2 Å². The molecule has 0 saturated heterocycles. The van der Waals surface area contributed by atoms with Crippen molar-refractivity contribution in [2.45, 2.75) is 25.7 Å². The molecule has 4 rings (SSSR count). The monoisotopic (exact) mass is 246 g/mol.